The maximum atomic E-state index is 12.0. The molecule has 0 radical (unpaired) electrons. The third kappa shape index (κ3) is 5.81. The van der Waals surface area contributed by atoms with Crippen LogP contribution in [-0.2, 0) is 19.3 Å². The molecular formula is C11H23NO4S. The van der Waals surface area contributed by atoms with E-state index in [4.69, 9.17) is 9.47 Å². The van der Waals surface area contributed by atoms with Gasteiger partial charge in [0.2, 0.25) is 0 Å². The number of ether oxygens (including phenoxy) is 2. The van der Waals surface area contributed by atoms with Gasteiger partial charge in [0, 0.05) is 26.9 Å². The summed E-state index contributed by atoms with van der Waals surface area (Å²) >= 11 is 0. The van der Waals surface area contributed by atoms with Gasteiger partial charge in [-0.1, -0.05) is 0 Å². The lowest BCUT2D eigenvalue weighted by molar-refractivity contribution is 0.0983. The van der Waals surface area contributed by atoms with Crippen molar-refractivity contribution in [3.63, 3.8) is 0 Å². The van der Waals surface area contributed by atoms with Gasteiger partial charge in [-0.25, -0.2) is 8.42 Å². The van der Waals surface area contributed by atoms with Gasteiger partial charge in [-0.15, -0.1) is 0 Å². The van der Waals surface area contributed by atoms with Crippen molar-refractivity contribution in [2.45, 2.75) is 24.5 Å². The van der Waals surface area contributed by atoms with Crippen molar-refractivity contribution in [2.24, 2.45) is 0 Å². The first-order valence-electron chi connectivity index (χ1n) is 6.16. The predicted octanol–water partition coefficient (Wildman–Crippen LogP) is 0.206. The Hall–Kier alpha value is -0.170. The summed E-state index contributed by atoms with van der Waals surface area (Å²) in [7, 11) is -1.28. The molecule has 1 aliphatic heterocycles. The Kier molecular flexibility index (Phi) is 7.03. The SMILES string of the molecule is COCCNCCCS(=O)(=O)C1CCOCC1. The van der Waals surface area contributed by atoms with Crippen LogP contribution in [0.15, 0.2) is 0 Å². The number of hydrogen-bond donors (Lipinski definition) is 1. The van der Waals surface area contributed by atoms with Gasteiger partial charge in [-0.05, 0) is 25.8 Å². The molecule has 102 valence electrons. The van der Waals surface area contributed by atoms with E-state index >= 15 is 0 Å². The molecule has 0 amide bonds. The van der Waals surface area contributed by atoms with Gasteiger partial charge in [0.25, 0.3) is 0 Å². The van der Waals surface area contributed by atoms with E-state index in [-0.39, 0.29) is 11.0 Å². The first-order chi connectivity index (χ1) is 8.17. The third-order valence-electron chi connectivity index (χ3n) is 2.94. The fourth-order valence-corrected chi connectivity index (χ4v) is 3.69. The fourth-order valence-electron chi connectivity index (χ4n) is 1.90. The molecule has 0 unspecified atom stereocenters. The standard InChI is InChI=1S/C11H23NO4S/c1-15-9-6-12-5-2-10-17(13,14)11-3-7-16-8-4-11/h11-12H,2-10H2,1H3. The van der Waals surface area contributed by atoms with Crippen molar-refractivity contribution >= 4 is 9.84 Å². The van der Waals surface area contributed by atoms with E-state index in [0.29, 0.717) is 39.1 Å². The summed E-state index contributed by atoms with van der Waals surface area (Å²) in [5.41, 5.74) is 0. The molecule has 5 nitrogen and oxygen atoms in total. The Morgan fingerprint density at radius 3 is 2.65 bits per heavy atom. The number of methoxy groups -OCH3 is 1. The maximum Gasteiger partial charge on any atom is 0.153 e. The molecule has 0 aromatic heterocycles. The summed E-state index contributed by atoms with van der Waals surface area (Å²) in [5.74, 6) is 0.275. The van der Waals surface area contributed by atoms with Gasteiger partial charge in [0.1, 0.15) is 0 Å². The number of sulfone groups is 1. The highest BCUT2D eigenvalue weighted by atomic mass is 32.2. The second-order valence-electron chi connectivity index (χ2n) is 4.28. The van der Waals surface area contributed by atoms with Gasteiger partial charge in [-0.2, -0.15) is 0 Å². The van der Waals surface area contributed by atoms with Crippen molar-refractivity contribution in [3.8, 4) is 0 Å². The van der Waals surface area contributed by atoms with Gasteiger partial charge in [0.15, 0.2) is 9.84 Å². The normalized spacial score (nSPS) is 18.4. The van der Waals surface area contributed by atoms with E-state index in [2.05, 4.69) is 5.32 Å². The fraction of sp³-hybridized carbons (Fsp3) is 1.00. The summed E-state index contributed by atoms with van der Waals surface area (Å²) < 4.78 is 34.0. The topological polar surface area (TPSA) is 64.6 Å². The monoisotopic (exact) mass is 265 g/mol. The second-order valence-corrected chi connectivity index (χ2v) is 6.68. The summed E-state index contributed by atoms with van der Waals surface area (Å²) in [6.07, 6.45) is 1.97. The number of hydrogen-bond acceptors (Lipinski definition) is 5. The van der Waals surface area contributed by atoms with E-state index in [9.17, 15) is 8.42 Å². The smallest absolute Gasteiger partial charge is 0.153 e. The largest absolute Gasteiger partial charge is 0.383 e. The highest BCUT2D eigenvalue weighted by molar-refractivity contribution is 7.92. The maximum absolute atomic E-state index is 12.0. The lowest BCUT2D eigenvalue weighted by Gasteiger charge is -2.22. The molecule has 1 fully saturated rings. The van der Waals surface area contributed by atoms with Crippen molar-refractivity contribution < 1.29 is 17.9 Å². The van der Waals surface area contributed by atoms with Gasteiger partial charge in [0.05, 0.1) is 17.6 Å². The van der Waals surface area contributed by atoms with E-state index in [0.717, 1.165) is 13.1 Å². The van der Waals surface area contributed by atoms with Crippen LogP contribution >= 0.6 is 0 Å². The molecule has 0 bridgehead atoms. The molecule has 6 heteroatoms. The van der Waals surface area contributed by atoms with Crippen LogP contribution in [0.25, 0.3) is 0 Å². The third-order valence-corrected chi connectivity index (χ3v) is 5.29. The highest BCUT2D eigenvalue weighted by Gasteiger charge is 2.26. The van der Waals surface area contributed by atoms with Gasteiger partial charge < -0.3 is 14.8 Å². The molecule has 0 aliphatic carbocycles. The number of rotatable bonds is 8. The zero-order chi connectivity index (χ0) is 12.6. The quantitative estimate of drug-likeness (QED) is 0.635. The summed E-state index contributed by atoms with van der Waals surface area (Å²) in [5, 5.41) is 2.96. The minimum atomic E-state index is -2.93. The Morgan fingerprint density at radius 1 is 1.29 bits per heavy atom. The van der Waals surface area contributed by atoms with Gasteiger partial charge in [-0.3, -0.25) is 0 Å². The molecule has 17 heavy (non-hydrogen) atoms. The predicted molar refractivity (Wildman–Crippen MR) is 67.0 cm³/mol. The molecule has 1 rings (SSSR count). The second kappa shape index (κ2) is 8.02. The molecule has 0 aromatic rings. The Bertz CT molecular complexity index is 286. The average molecular weight is 265 g/mol. The average Bonchev–Trinajstić information content (AvgIpc) is 2.35. The highest BCUT2D eigenvalue weighted by Crippen LogP contribution is 2.16. The number of nitrogens with one attached hydrogen (secondary N) is 1. The van der Waals surface area contributed by atoms with Crippen molar-refractivity contribution in [1.29, 1.82) is 0 Å². The molecule has 0 aromatic carbocycles. The molecule has 1 N–H and O–H groups in total. The molecular weight excluding hydrogens is 242 g/mol. The van der Waals surface area contributed by atoms with Crippen LogP contribution in [0.1, 0.15) is 19.3 Å². The Balaban J connectivity index is 2.15. The van der Waals surface area contributed by atoms with Crippen LogP contribution < -0.4 is 5.32 Å². The van der Waals surface area contributed by atoms with E-state index in [1.54, 1.807) is 7.11 Å². The summed E-state index contributed by atoms with van der Waals surface area (Å²) in [4.78, 5) is 0. The minimum Gasteiger partial charge on any atom is -0.383 e. The molecule has 0 saturated carbocycles. The first kappa shape index (κ1) is 14.9. The summed E-state index contributed by atoms with van der Waals surface area (Å²) in [6, 6.07) is 0. The van der Waals surface area contributed by atoms with Crippen molar-refractivity contribution in [2.75, 3.05) is 45.8 Å². The molecule has 0 atom stereocenters. The van der Waals surface area contributed by atoms with Crippen LogP contribution in [0.2, 0.25) is 0 Å². The van der Waals surface area contributed by atoms with Crippen molar-refractivity contribution in [1.82, 2.24) is 5.32 Å². The van der Waals surface area contributed by atoms with Crippen LogP contribution in [0.4, 0.5) is 0 Å². The first-order valence-corrected chi connectivity index (χ1v) is 7.87. The lowest BCUT2D eigenvalue weighted by atomic mass is 10.2. The van der Waals surface area contributed by atoms with Crippen LogP contribution in [0.5, 0.6) is 0 Å². The van der Waals surface area contributed by atoms with E-state index in [1.165, 1.54) is 0 Å². The van der Waals surface area contributed by atoms with E-state index < -0.39 is 9.84 Å². The zero-order valence-corrected chi connectivity index (χ0v) is 11.3. The molecule has 1 saturated heterocycles. The Morgan fingerprint density at radius 2 is 2.00 bits per heavy atom. The Labute approximate surface area is 104 Å². The van der Waals surface area contributed by atoms with E-state index in [1.807, 2.05) is 0 Å². The molecule has 1 aliphatic rings. The van der Waals surface area contributed by atoms with Crippen LogP contribution in [0.3, 0.4) is 0 Å². The lowest BCUT2D eigenvalue weighted by Crippen LogP contribution is -2.32. The minimum absolute atomic E-state index is 0.185. The summed E-state index contributed by atoms with van der Waals surface area (Å²) in [6.45, 7) is 3.32. The molecule has 0 spiro atoms. The van der Waals surface area contributed by atoms with Crippen LogP contribution in [0, 0.1) is 0 Å². The van der Waals surface area contributed by atoms with Crippen LogP contribution in [-0.4, -0.2) is 59.4 Å². The van der Waals surface area contributed by atoms with Gasteiger partial charge >= 0.3 is 0 Å². The molecule has 1 heterocycles. The van der Waals surface area contributed by atoms with Crippen molar-refractivity contribution in [3.05, 3.63) is 0 Å². The zero-order valence-electron chi connectivity index (χ0n) is 10.5.